The number of alkyl halides is 3. The Kier molecular flexibility index (Phi) is 5.59. The molecular formula is C14H15F3N2O. The van der Waals surface area contributed by atoms with Crippen LogP contribution in [0.2, 0.25) is 0 Å². The van der Waals surface area contributed by atoms with E-state index in [4.69, 9.17) is 10.00 Å². The lowest BCUT2D eigenvalue weighted by molar-refractivity contribution is -0.137. The molecule has 0 spiro atoms. The maximum absolute atomic E-state index is 12.7. The van der Waals surface area contributed by atoms with E-state index in [1.165, 1.54) is 12.1 Å². The van der Waals surface area contributed by atoms with Gasteiger partial charge in [0.15, 0.2) is 0 Å². The standard InChI is InChI=1S/C14H15F3N2O/c1-10(2)9-20-6-5-19-12-4-3-11(8-18)13(7-12)14(15,16)17/h3-4,7,19H,1,5-6,9H2,2H3. The molecule has 3 nitrogen and oxygen atoms in total. The first-order valence-corrected chi connectivity index (χ1v) is 5.92. The molecule has 1 aromatic rings. The van der Waals surface area contributed by atoms with Crippen molar-refractivity contribution in [3.05, 3.63) is 41.5 Å². The zero-order chi connectivity index (χ0) is 15.2. The number of halogens is 3. The molecule has 0 saturated carbocycles. The van der Waals surface area contributed by atoms with E-state index in [2.05, 4.69) is 11.9 Å². The first-order valence-electron chi connectivity index (χ1n) is 5.92. The third-order valence-electron chi connectivity index (χ3n) is 2.37. The van der Waals surface area contributed by atoms with Gasteiger partial charge < -0.3 is 10.1 Å². The molecule has 0 aliphatic heterocycles. The lowest BCUT2D eigenvalue weighted by Gasteiger charge is -2.12. The molecule has 0 aromatic heterocycles. The number of rotatable bonds is 6. The number of nitriles is 1. The molecule has 0 radical (unpaired) electrons. The van der Waals surface area contributed by atoms with Crippen molar-refractivity contribution in [2.24, 2.45) is 0 Å². The van der Waals surface area contributed by atoms with Crippen LogP contribution < -0.4 is 5.32 Å². The summed E-state index contributed by atoms with van der Waals surface area (Å²) in [6.07, 6.45) is -4.54. The van der Waals surface area contributed by atoms with Crippen LogP contribution in [-0.2, 0) is 10.9 Å². The van der Waals surface area contributed by atoms with Crippen LogP contribution in [0.5, 0.6) is 0 Å². The molecule has 1 rings (SSSR count). The third-order valence-corrected chi connectivity index (χ3v) is 2.37. The van der Waals surface area contributed by atoms with Crippen molar-refractivity contribution in [3.8, 4) is 6.07 Å². The Balaban J connectivity index is 2.64. The minimum absolute atomic E-state index is 0.301. The van der Waals surface area contributed by atoms with E-state index in [9.17, 15) is 13.2 Å². The van der Waals surface area contributed by atoms with Crippen LogP contribution in [0, 0.1) is 11.3 Å². The van der Waals surface area contributed by atoms with Gasteiger partial charge in [0, 0.05) is 12.2 Å². The molecule has 0 unspecified atom stereocenters. The molecule has 0 amide bonds. The monoisotopic (exact) mass is 284 g/mol. The highest BCUT2D eigenvalue weighted by Crippen LogP contribution is 2.33. The van der Waals surface area contributed by atoms with Gasteiger partial charge in [-0.25, -0.2) is 0 Å². The Morgan fingerprint density at radius 1 is 1.45 bits per heavy atom. The van der Waals surface area contributed by atoms with Gasteiger partial charge in [-0.05, 0) is 25.1 Å². The number of anilines is 1. The quantitative estimate of drug-likeness (QED) is 0.641. The minimum atomic E-state index is -4.54. The topological polar surface area (TPSA) is 45.0 Å². The van der Waals surface area contributed by atoms with Gasteiger partial charge in [-0.1, -0.05) is 12.2 Å². The van der Waals surface area contributed by atoms with Crippen LogP contribution in [0.1, 0.15) is 18.1 Å². The van der Waals surface area contributed by atoms with E-state index in [0.29, 0.717) is 25.4 Å². The maximum atomic E-state index is 12.7. The summed E-state index contributed by atoms with van der Waals surface area (Å²) in [4.78, 5) is 0. The fraction of sp³-hybridized carbons (Fsp3) is 0.357. The van der Waals surface area contributed by atoms with Gasteiger partial charge in [-0.3, -0.25) is 0 Å². The normalized spacial score (nSPS) is 10.9. The average Bonchev–Trinajstić information content (AvgIpc) is 2.36. The Morgan fingerprint density at radius 2 is 2.15 bits per heavy atom. The Morgan fingerprint density at radius 3 is 2.70 bits per heavy atom. The van der Waals surface area contributed by atoms with E-state index >= 15 is 0 Å². The molecule has 0 bridgehead atoms. The van der Waals surface area contributed by atoms with Crippen molar-refractivity contribution >= 4 is 5.69 Å². The third kappa shape index (κ3) is 4.94. The zero-order valence-corrected chi connectivity index (χ0v) is 11.0. The van der Waals surface area contributed by atoms with Gasteiger partial charge >= 0.3 is 6.18 Å². The Bertz CT molecular complexity index is 518. The van der Waals surface area contributed by atoms with E-state index < -0.39 is 11.7 Å². The van der Waals surface area contributed by atoms with E-state index in [0.717, 1.165) is 17.7 Å². The second kappa shape index (κ2) is 6.96. The van der Waals surface area contributed by atoms with Gasteiger partial charge in [0.25, 0.3) is 0 Å². The smallest absolute Gasteiger partial charge is 0.383 e. The lowest BCUT2D eigenvalue weighted by atomic mass is 10.1. The van der Waals surface area contributed by atoms with Gasteiger partial charge in [0.1, 0.15) is 0 Å². The SMILES string of the molecule is C=C(C)COCCNc1ccc(C#N)c(C(F)(F)F)c1. The van der Waals surface area contributed by atoms with Crippen molar-refractivity contribution < 1.29 is 17.9 Å². The summed E-state index contributed by atoms with van der Waals surface area (Å²) in [5.41, 5.74) is -0.146. The highest BCUT2D eigenvalue weighted by molar-refractivity contribution is 5.53. The molecule has 108 valence electrons. The molecule has 6 heteroatoms. The zero-order valence-electron chi connectivity index (χ0n) is 11.0. The van der Waals surface area contributed by atoms with Crippen molar-refractivity contribution in [1.82, 2.24) is 0 Å². The Hall–Kier alpha value is -2.00. The molecule has 0 saturated heterocycles. The lowest BCUT2D eigenvalue weighted by Crippen LogP contribution is -2.12. The van der Waals surface area contributed by atoms with Crippen molar-refractivity contribution in [1.29, 1.82) is 5.26 Å². The number of benzene rings is 1. The fourth-order valence-corrected chi connectivity index (χ4v) is 1.50. The predicted octanol–water partition coefficient (Wildman–Crippen LogP) is 3.58. The first-order chi connectivity index (χ1) is 9.34. The second-order valence-electron chi connectivity index (χ2n) is 4.31. The highest BCUT2D eigenvalue weighted by atomic mass is 19.4. The molecule has 1 aromatic carbocycles. The fourth-order valence-electron chi connectivity index (χ4n) is 1.50. The van der Waals surface area contributed by atoms with Gasteiger partial charge in [0.2, 0.25) is 0 Å². The minimum Gasteiger partial charge on any atom is -0.383 e. The number of ether oxygens (including phenoxy) is 1. The Labute approximate surface area is 115 Å². The van der Waals surface area contributed by atoms with Gasteiger partial charge in [0.05, 0.1) is 30.4 Å². The molecule has 0 aliphatic carbocycles. The summed E-state index contributed by atoms with van der Waals surface area (Å²) >= 11 is 0. The number of hydrogen-bond acceptors (Lipinski definition) is 3. The number of hydrogen-bond donors (Lipinski definition) is 1. The van der Waals surface area contributed by atoms with E-state index in [-0.39, 0.29) is 5.56 Å². The van der Waals surface area contributed by atoms with E-state index in [1.807, 2.05) is 6.92 Å². The van der Waals surface area contributed by atoms with Crippen LogP contribution >= 0.6 is 0 Å². The van der Waals surface area contributed by atoms with Crippen LogP contribution in [-0.4, -0.2) is 19.8 Å². The van der Waals surface area contributed by atoms with Crippen LogP contribution in [0.15, 0.2) is 30.4 Å². The molecular weight excluding hydrogens is 269 g/mol. The molecule has 0 heterocycles. The largest absolute Gasteiger partial charge is 0.417 e. The van der Waals surface area contributed by atoms with Crippen molar-refractivity contribution in [3.63, 3.8) is 0 Å². The van der Waals surface area contributed by atoms with Gasteiger partial charge in [-0.15, -0.1) is 0 Å². The molecule has 0 atom stereocenters. The number of nitrogens with one attached hydrogen (secondary N) is 1. The molecule has 20 heavy (non-hydrogen) atoms. The van der Waals surface area contributed by atoms with Crippen LogP contribution in [0.25, 0.3) is 0 Å². The summed E-state index contributed by atoms with van der Waals surface area (Å²) in [5, 5.41) is 11.5. The second-order valence-corrected chi connectivity index (χ2v) is 4.31. The van der Waals surface area contributed by atoms with Crippen LogP contribution in [0.4, 0.5) is 18.9 Å². The highest BCUT2D eigenvalue weighted by Gasteiger charge is 2.33. The predicted molar refractivity (Wildman–Crippen MR) is 70.3 cm³/mol. The summed E-state index contributed by atoms with van der Waals surface area (Å²) < 4.78 is 43.4. The van der Waals surface area contributed by atoms with Gasteiger partial charge in [-0.2, -0.15) is 18.4 Å². The summed E-state index contributed by atoms with van der Waals surface area (Å²) in [6.45, 7) is 6.64. The maximum Gasteiger partial charge on any atom is 0.417 e. The molecule has 0 aliphatic rings. The van der Waals surface area contributed by atoms with Crippen LogP contribution in [0.3, 0.4) is 0 Å². The molecule has 0 fully saturated rings. The van der Waals surface area contributed by atoms with Crippen molar-refractivity contribution in [2.75, 3.05) is 25.1 Å². The average molecular weight is 284 g/mol. The first kappa shape index (κ1) is 16.1. The summed E-state index contributed by atoms with van der Waals surface area (Å²) in [6, 6.07) is 5.05. The summed E-state index contributed by atoms with van der Waals surface area (Å²) in [5.74, 6) is 0. The number of nitrogens with zero attached hydrogens (tertiary/aromatic N) is 1. The molecule has 1 N–H and O–H groups in total. The summed E-state index contributed by atoms with van der Waals surface area (Å²) in [7, 11) is 0. The van der Waals surface area contributed by atoms with E-state index in [1.54, 1.807) is 0 Å². The van der Waals surface area contributed by atoms with Crippen molar-refractivity contribution in [2.45, 2.75) is 13.1 Å².